The van der Waals surface area contributed by atoms with E-state index in [1.54, 1.807) is 0 Å². The van der Waals surface area contributed by atoms with Crippen molar-refractivity contribution in [3.63, 3.8) is 0 Å². The quantitative estimate of drug-likeness (QED) is 0.441. The standard InChI is InChI=1S/C28H30N4O/c1-20-8-11-22(12-9-20)27-26(23-19-21(2)10-13-24(23)30(27)3)28(33)32-16-6-15-31(17-18-32)25-7-4-5-14-29-25/h4-5,7-14,19H,6,15-18H2,1-3H3. The van der Waals surface area contributed by atoms with Crippen LogP contribution in [-0.2, 0) is 7.05 Å². The smallest absolute Gasteiger partial charge is 0.256 e. The summed E-state index contributed by atoms with van der Waals surface area (Å²) in [4.78, 5) is 22.9. The Morgan fingerprint density at radius 3 is 2.42 bits per heavy atom. The zero-order valence-corrected chi connectivity index (χ0v) is 19.6. The largest absolute Gasteiger partial charge is 0.355 e. The van der Waals surface area contributed by atoms with E-state index in [-0.39, 0.29) is 5.91 Å². The average molecular weight is 439 g/mol. The zero-order chi connectivity index (χ0) is 22.9. The summed E-state index contributed by atoms with van der Waals surface area (Å²) in [5.74, 6) is 1.09. The van der Waals surface area contributed by atoms with Crippen molar-refractivity contribution in [2.24, 2.45) is 7.05 Å². The second-order valence-corrected chi connectivity index (χ2v) is 8.99. The Balaban J connectivity index is 1.54. The first-order chi connectivity index (χ1) is 16.0. The Hall–Kier alpha value is -3.60. The predicted molar refractivity (Wildman–Crippen MR) is 135 cm³/mol. The lowest BCUT2D eigenvalue weighted by atomic mass is 10.0. The van der Waals surface area contributed by atoms with Gasteiger partial charge in [0.25, 0.3) is 5.91 Å². The van der Waals surface area contributed by atoms with E-state index in [9.17, 15) is 4.79 Å². The van der Waals surface area contributed by atoms with Gasteiger partial charge in [0, 0.05) is 50.3 Å². The summed E-state index contributed by atoms with van der Waals surface area (Å²) in [6.45, 7) is 7.30. The lowest BCUT2D eigenvalue weighted by Gasteiger charge is -2.23. The summed E-state index contributed by atoms with van der Waals surface area (Å²) in [7, 11) is 2.06. The topological polar surface area (TPSA) is 41.4 Å². The third-order valence-electron chi connectivity index (χ3n) is 6.65. The first kappa shape index (κ1) is 21.3. The van der Waals surface area contributed by atoms with Crippen molar-refractivity contribution in [1.29, 1.82) is 0 Å². The number of amides is 1. The van der Waals surface area contributed by atoms with Gasteiger partial charge in [0.1, 0.15) is 5.82 Å². The Labute approximate surface area is 195 Å². The van der Waals surface area contributed by atoms with Gasteiger partial charge in [0.2, 0.25) is 0 Å². The first-order valence-electron chi connectivity index (χ1n) is 11.6. The van der Waals surface area contributed by atoms with Crippen molar-refractivity contribution < 1.29 is 4.79 Å². The van der Waals surface area contributed by atoms with E-state index in [4.69, 9.17) is 0 Å². The zero-order valence-electron chi connectivity index (χ0n) is 19.6. The predicted octanol–water partition coefficient (Wildman–Crippen LogP) is 5.21. The van der Waals surface area contributed by atoms with E-state index in [0.717, 1.165) is 65.2 Å². The molecule has 1 aliphatic heterocycles. The maximum absolute atomic E-state index is 14.1. The molecule has 1 saturated heterocycles. The summed E-state index contributed by atoms with van der Waals surface area (Å²) in [5, 5.41) is 1.03. The van der Waals surface area contributed by atoms with E-state index in [1.807, 2.05) is 29.3 Å². The highest BCUT2D eigenvalue weighted by Crippen LogP contribution is 2.35. The number of benzene rings is 2. The molecular formula is C28H30N4O. The Kier molecular flexibility index (Phi) is 5.63. The van der Waals surface area contributed by atoms with Crippen molar-refractivity contribution in [3.05, 3.63) is 83.6 Å². The number of fused-ring (bicyclic) bond motifs is 1. The number of carbonyl (C=O) groups excluding carboxylic acids is 1. The third kappa shape index (κ3) is 3.99. The fraction of sp³-hybridized carbons (Fsp3) is 0.286. The maximum atomic E-state index is 14.1. The van der Waals surface area contributed by atoms with Crippen LogP contribution in [-0.4, -0.2) is 46.5 Å². The molecule has 33 heavy (non-hydrogen) atoms. The van der Waals surface area contributed by atoms with Crippen molar-refractivity contribution in [2.45, 2.75) is 20.3 Å². The Bertz CT molecular complexity index is 1290. The minimum atomic E-state index is 0.115. The van der Waals surface area contributed by atoms with Gasteiger partial charge in [-0.3, -0.25) is 4.79 Å². The number of aryl methyl sites for hydroxylation is 3. The van der Waals surface area contributed by atoms with Gasteiger partial charge < -0.3 is 14.4 Å². The number of carbonyl (C=O) groups is 1. The molecule has 1 aliphatic rings. The first-order valence-corrected chi connectivity index (χ1v) is 11.6. The summed E-state index contributed by atoms with van der Waals surface area (Å²) >= 11 is 0. The minimum absolute atomic E-state index is 0.115. The van der Waals surface area contributed by atoms with Crippen LogP contribution in [0.25, 0.3) is 22.2 Å². The van der Waals surface area contributed by atoms with Gasteiger partial charge in [-0.1, -0.05) is 47.5 Å². The molecule has 5 rings (SSSR count). The van der Waals surface area contributed by atoms with Crippen LogP contribution in [0.2, 0.25) is 0 Å². The molecule has 0 bridgehead atoms. The molecule has 168 valence electrons. The summed E-state index contributed by atoms with van der Waals surface area (Å²) < 4.78 is 2.17. The molecule has 3 heterocycles. The van der Waals surface area contributed by atoms with Crippen LogP contribution in [0.1, 0.15) is 27.9 Å². The second-order valence-electron chi connectivity index (χ2n) is 8.99. The van der Waals surface area contributed by atoms with E-state index in [0.29, 0.717) is 6.54 Å². The van der Waals surface area contributed by atoms with E-state index >= 15 is 0 Å². The molecule has 0 radical (unpaired) electrons. The van der Waals surface area contributed by atoms with Crippen LogP contribution in [0.3, 0.4) is 0 Å². The molecule has 0 atom stereocenters. The van der Waals surface area contributed by atoms with Gasteiger partial charge in [-0.05, 0) is 50.1 Å². The molecule has 1 amide bonds. The lowest BCUT2D eigenvalue weighted by molar-refractivity contribution is 0.0769. The normalized spacial score (nSPS) is 14.5. The van der Waals surface area contributed by atoms with E-state index in [1.165, 1.54) is 5.56 Å². The van der Waals surface area contributed by atoms with Gasteiger partial charge in [-0.25, -0.2) is 4.98 Å². The monoisotopic (exact) mass is 438 g/mol. The highest BCUT2D eigenvalue weighted by molar-refractivity contribution is 6.13. The molecule has 0 N–H and O–H groups in total. The number of nitrogens with zero attached hydrogens (tertiary/aromatic N) is 4. The molecule has 5 nitrogen and oxygen atoms in total. The Morgan fingerprint density at radius 2 is 1.67 bits per heavy atom. The minimum Gasteiger partial charge on any atom is -0.355 e. The molecule has 0 unspecified atom stereocenters. The number of aromatic nitrogens is 2. The van der Waals surface area contributed by atoms with Crippen LogP contribution in [0.5, 0.6) is 0 Å². The highest BCUT2D eigenvalue weighted by atomic mass is 16.2. The van der Waals surface area contributed by atoms with Crippen molar-refractivity contribution in [3.8, 4) is 11.3 Å². The molecule has 0 aliphatic carbocycles. The molecule has 5 heteroatoms. The van der Waals surface area contributed by atoms with Gasteiger partial charge in [0.15, 0.2) is 0 Å². The molecule has 2 aromatic heterocycles. The van der Waals surface area contributed by atoms with Gasteiger partial charge in [-0.2, -0.15) is 0 Å². The molecule has 0 saturated carbocycles. The fourth-order valence-electron chi connectivity index (χ4n) is 4.87. The number of anilines is 1. The molecule has 2 aromatic carbocycles. The van der Waals surface area contributed by atoms with Crippen molar-refractivity contribution in [2.75, 3.05) is 31.1 Å². The number of hydrogen-bond acceptors (Lipinski definition) is 3. The summed E-state index contributed by atoms with van der Waals surface area (Å²) in [6, 6.07) is 20.9. The van der Waals surface area contributed by atoms with Crippen LogP contribution in [0.15, 0.2) is 66.9 Å². The average Bonchev–Trinajstić information content (AvgIpc) is 2.97. The second kappa shape index (κ2) is 8.74. The SMILES string of the molecule is Cc1ccc(-c2c(C(=O)N3CCCN(c4ccccn4)CC3)c3cc(C)ccc3n2C)cc1. The molecular weight excluding hydrogens is 408 g/mol. The molecule has 4 aromatic rings. The number of rotatable bonds is 3. The number of pyridine rings is 1. The van der Waals surface area contributed by atoms with E-state index in [2.05, 4.69) is 77.8 Å². The van der Waals surface area contributed by atoms with Crippen LogP contribution < -0.4 is 4.90 Å². The summed E-state index contributed by atoms with van der Waals surface area (Å²) in [6.07, 6.45) is 2.75. The van der Waals surface area contributed by atoms with E-state index < -0.39 is 0 Å². The van der Waals surface area contributed by atoms with Gasteiger partial charge >= 0.3 is 0 Å². The maximum Gasteiger partial charge on any atom is 0.256 e. The van der Waals surface area contributed by atoms with Crippen molar-refractivity contribution >= 4 is 22.6 Å². The fourth-order valence-corrected chi connectivity index (χ4v) is 4.87. The van der Waals surface area contributed by atoms with Crippen LogP contribution >= 0.6 is 0 Å². The third-order valence-corrected chi connectivity index (χ3v) is 6.65. The molecule has 0 spiro atoms. The summed E-state index contributed by atoms with van der Waals surface area (Å²) in [5.41, 5.74) is 6.34. The van der Waals surface area contributed by atoms with Gasteiger partial charge in [0.05, 0.1) is 11.3 Å². The van der Waals surface area contributed by atoms with Crippen molar-refractivity contribution in [1.82, 2.24) is 14.5 Å². The number of hydrogen-bond donors (Lipinski definition) is 0. The Morgan fingerprint density at radius 1 is 0.879 bits per heavy atom. The van der Waals surface area contributed by atoms with Crippen LogP contribution in [0.4, 0.5) is 5.82 Å². The van der Waals surface area contributed by atoms with Crippen LogP contribution in [0, 0.1) is 13.8 Å². The van der Waals surface area contributed by atoms with Gasteiger partial charge in [-0.15, -0.1) is 0 Å². The molecule has 1 fully saturated rings. The highest BCUT2D eigenvalue weighted by Gasteiger charge is 2.28. The lowest BCUT2D eigenvalue weighted by Crippen LogP contribution is -2.35.